The molecule has 0 aliphatic carbocycles. The van der Waals surface area contributed by atoms with Crippen LogP contribution in [-0.2, 0) is 16.4 Å². The minimum atomic E-state index is -3.36. The standard InChI is InChI=1S/C19H23FN2O3S/c1-26(24,25)22(14-5-8-16-6-3-2-4-7-16)15-13-21-19(23)17-9-11-18(20)12-10-17/h2-4,6-7,9-12H,5,8,13-15H2,1H3,(H,21,23). The minimum absolute atomic E-state index is 0.189. The molecular formula is C19H23FN2O3S. The highest BCUT2D eigenvalue weighted by atomic mass is 32.2. The lowest BCUT2D eigenvalue weighted by molar-refractivity contribution is 0.0951. The molecule has 0 aromatic heterocycles. The first kappa shape index (κ1) is 20.1. The van der Waals surface area contributed by atoms with E-state index in [0.717, 1.165) is 18.2 Å². The van der Waals surface area contributed by atoms with E-state index < -0.39 is 15.8 Å². The van der Waals surface area contributed by atoms with Crippen molar-refractivity contribution in [1.82, 2.24) is 9.62 Å². The number of amides is 1. The molecule has 0 fully saturated rings. The van der Waals surface area contributed by atoms with Crippen molar-refractivity contribution in [3.8, 4) is 0 Å². The number of nitrogens with zero attached hydrogens (tertiary/aromatic N) is 1. The van der Waals surface area contributed by atoms with Crippen LogP contribution in [0.1, 0.15) is 22.3 Å². The number of nitrogens with one attached hydrogen (secondary N) is 1. The van der Waals surface area contributed by atoms with Crippen molar-refractivity contribution in [2.24, 2.45) is 0 Å². The first-order chi connectivity index (χ1) is 12.4. The number of sulfonamides is 1. The molecule has 0 radical (unpaired) electrons. The first-order valence-electron chi connectivity index (χ1n) is 8.39. The lowest BCUT2D eigenvalue weighted by Crippen LogP contribution is -2.38. The quantitative estimate of drug-likeness (QED) is 0.729. The lowest BCUT2D eigenvalue weighted by atomic mass is 10.1. The van der Waals surface area contributed by atoms with Crippen LogP contribution in [0.25, 0.3) is 0 Å². The molecule has 7 heteroatoms. The van der Waals surface area contributed by atoms with Crippen molar-refractivity contribution in [2.45, 2.75) is 12.8 Å². The number of hydrogen-bond acceptors (Lipinski definition) is 3. The number of aryl methyl sites for hydroxylation is 1. The van der Waals surface area contributed by atoms with Crippen molar-refractivity contribution in [2.75, 3.05) is 25.9 Å². The van der Waals surface area contributed by atoms with E-state index >= 15 is 0 Å². The van der Waals surface area contributed by atoms with Crippen molar-refractivity contribution in [3.05, 3.63) is 71.5 Å². The summed E-state index contributed by atoms with van der Waals surface area (Å²) in [6.07, 6.45) is 2.65. The van der Waals surface area contributed by atoms with Gasteiger partial charge < -0.3 is 5.32 Å². The second-order valence-corrected chi connectivity index (χ2v) is 8.00. The lowest BCUT2D eigenvalue weighted by Gasteiger charge is -2.20. The highest BCUT2D eigenvalue weighted by Crippen LogP contribution is 2.06. The second kappa shape index (κ2) is 9.45. The van der Waals surface area contributed by atoms with E-state index in [-0.39, 0.29) is 19.0 Å². The van der Waals surface area contributed by atoms with Gasteiger partial charge in [0, 0.05) is 25.2 Å². The van der Waals surface area contributed by atoms with Crippen LogP contribution >= 0.6 is 0 Å². The molecule has 0 aliphatic heterocycles. The number of rotatable bonds is 9. The van der Waals surface area contributed by atoms with E-state index in [4.69, 9.17) is 0 Å². The normalized spacial score (nSPS) is 11.5. The van der Waals surface area contributed by atoms with Gasteiger partial charge in [-0.05, 0) is 42.7 Å². The highest BCUT2D eigenvalue weighted by molar-refractivity contribution is 7.88. The van der Waals surface area contributed by atoms with Crippen LogP contribution in [-0.4, -0.2) is 44.5 Å². The zero-order valence-electron chi connectivity index (χ0n) is 14.7. The van der Waals surface area contributed by atoms with Crippen molar-refractivity contribution in [1.29, 1.82) is 0 Å². The SMILES string of the molecule is CS(=O)(=O)N(CCCc1ccccc1)CCNC(=O)c1ccc(F)cc1. The van der Waals surface area contributed by atoms with Gasteiger partial charge >= 0.3 is 0 Å². The maximum absolute atomic E-state index is 12.9. The Hall–Kier alpha value is -2.25. The fourth-order valence-electron chi connectivity index (χ4n) is 2.55. The number of halogens is 1. The third kappa shape index (κ3) is 6.57. The topological polar surface area (TPSA) is 66.5 Å². The van der Waals surface area contributed by atoms with Gasteiger partial charge in [-0.15, -0.1) is 0 Å². The molecule has 0 bridgehead atoms. The Morgan fingerprint density at radius 3 is 2.31 bits per heavy atom. The van der Waals surface area contributed by atoms with Gasteiger partial charge in [0.15, 0.2) is 0 Å². The average Bonchev–Trinajstić information content (AvgIpc) is 2.61. The zero-order chi connectivity index (χ0) is 19.0. The Kier molecular flexibility index (Phi) is 7.29. The van der Waals surface area contributed by atoms with Gasteiger partial charge in [0.1, 0.15) is 5.82 Å². The number of carbonyl (C=O) groups is 1. The number of hydrogen-bond donors (Lipinski definition) is 1. The maximum atomic E-state index is 12.9. The summed E-state index contributed by atoms with van der Waals surface area (Å²) in [5, 5.41) is 2.66. The Bertz CT molecular complexity index is 808. The molecule has 0 aliphatic rings. The highest BCUT2D eigenvalue weighted by Gasteiger charge is 2.16. The van der Waals surface area contributed by atoms with Gasteiger partial charge in [0.25, 0.3) is 5.91 Å². The minimum Gasteiger partial charge on any atom is -0.351 e. The van der Waals surface area contributed by atoms with Crippen molar-refractivity contribution < 1.29 is 17.6 Å². The number of benzene rings is 2. The van der Waals surface area contributed by atoms with Crippen LogP contribution in [0.5, 0.6) is 0 Å². The predicted octanol–water partition coefficient (Wildman–Crippen LogP) is 2.45. The Morgan fingerprint density at radius 2 is 1.69 bits per heavy atom. The van der Waals surface area contributed by atoms with Crippen molar-refractivity contribution >= 4 is 15.9 Å². The molecule has 2 rings (SSSR count). The molecule has 2 aromatic rings. The van der Waals surface area contributed by atoms with Crippen LogP contribution in [0.4, 0.5) is 4.39 Å². The fourth-order valence-corrected chi connectivity index (χ4v) is 3.43. The monoisotopic (exact) mass is 378 g/mol. The molecule has 26 heavy (non-hydrogen) atoms. The molecular weight excluding hydrogens is 355 g/mol. The van der Waals surface area contributed by atoms with Crippen molar-refractivity contribution in [3.63, 3.8) is 0 Å². The van der Waals surface area contributed by atoms with Crippen LogP contribution in [0.15, 0.2) is 54.6 Å². The summed E-state index contributed by atoms with van der Waals surface area (Å²) in [6, 6.07) is 15.1. The van der Waals surface area contributed by atoms with E-state index in [9.17, 15) is 17.6 Å². The van der Waals surface area contributed by atoms with Gasteiger partial charge in [0.2, 0.25) is 10.0 Å². The summed E-state index contributed by atoms with van der Waals surface area (Å²) in [6.45, 7) is 0.773. The summed E-state index contributed by atoms with van der Waals surface area (Å²) in [7, 11) is -3.36. The summed E-state index contributed by atoms with van der Waals surface area (Å²) >= 11 is 0. The molecule has 0 unspecified atom stereocenters. The van der Waals surface area contributed by atoms with Crippen LogP contribution in [0.3, 0.4) is 0 Å². The van der Waals surface area contributed by atoms with E-state index in [0.29, 0.717) is 18.5 Å². The van der Waals surface area contributed by atoms with Crippen LogP contribution in [0.2, 0.25) is 0 Å². The fraction of sp³-hybridized carbons (Fsp3) is 0.316. The molecule has 1 amide bonds. The smallest absolute Gasteiger partial charge is 0.251 e. The molecule has 1 N–H and O–H groups in total. The molecule has 0 spiro atoms. The zero-order valence-corrected chi connectivity index (χ0v) is 15.5. The molecule has 0 saturated carbocycles. The van der Waals surface area contributed by atoms with Gasteiger partial charge in [-0.1, -0.05) is 30.3 Å². The third-order valence-corrected chi connectivity index (χ3v) is 5.24. The third-order valence-electron chi connectivity index (χ3n) is 3.94. The van der Waals surface area contributed by atoms with Gasteiger partial charge in [0.05, 0.1) is 6.26 Å². The predicted molar refractivity (Wildman–Crippen MR) is 99.9 cm³/mol. The molecule has 0 heterocycles. The summed E-state index contributed by atoms with van der Waals surface area (Å²) in [5.41, 5.74) is 1.49. The van der Waals surface area contributed by atoms with Gasteiger partial charge in [-0.2, -0.15) is 0 Å². The van der Waals surface area contributed by atoms with Crippen LogP contribution < -0.4 is 5.32 Å². The average molecular weight is 378 g/mol. The molecule has 140 valence electrons. The molecule has 2 aromatic carbocycles. The summed E-state index contributed by atoms with van der Waals surface area (Å²) in [5.74, 6) is -0.772. The maximum Gasteiger partial charge on any atom is 0.251 e. The van der Waals surface area contributed by atoms with E-state index in [1.54, 1.807) is 0 Å². The molecule has 0 saturated heterocycles. The Balaban J connectivity index is 1.82. The van der Waals surface area contributed by atoms with Gasteiger partial charge in [-0.3, -0.25) is 4.79 Å². The largest absolute Gasteiger partial charge is 0.351 e. The first-order valence-corrected chi connectivity index (χ1v) is 10.2. The van der Waals surface area contributed by atoms with E-state index in [1.165, 1.54) is 28.6 Å². The Labute approximate surface area is 153 Å². The molecule has 5 nitrogen and oxygen atoms in total. The Morgan fingerprint density at radius 1 is 1.04 bits per heavy atom. The van der Waals surface area contributed by atoms with Gasteiger partial charge in [-0.25, -0.2) is 17.1 Å². The molecule has 0 atom stereocenters. The van der Waals surface area contributed by atoms with E-state index in [2.05, 4.69) is 5.32 Å². The summed E-state index contributed by atoms with van der Waals surface area (Å²) < 4.78 is 38.1. The summed E-state index contributed by atoms with van der Waals surface area (Å²) in [4.78, 5) is 12.0. The second-order valence-electron chi connectivity index (χ2n) is 6.01. The van der Waals surface area contributed by atoms with Crippen LogP contribution in [0, 0.1) is 5.82 Å². The van der Waals surface area contributed by atoms with E-state index in [1.807, 2.05) is 30.3 Å². The number of carbonyl (C=O) groups excluding carboxylic acids is 1.